The van der Waals surface area contributed by atoms with Gasteiger partial charge < -0.3 is 19.9 Å². The van der Waals surface area contributed by atoms with Crippen LogP contribution in [0.2, 0.25) is 0 Å². The van der Waals surface area contributed by atoms with Gasteiger partial charge in [-0.25, -0.2) is 9.97 Å². The molecule has 2 aromatic carbocycles. The lowest BCUT2D eigenvalue weighted by molar-refractivity contribution is 0.284. The van der Waals surface area contributed by atoms with Gasteiger partial charge in [-0.1, -0.05) is 12.1 Å². The van der Waals surface area contributed by atoms with Crippen LogP contribution in [0.4, 0.5) is 11.5 Å². The first-order chi connectivity index (χ1) is 12.7. The van der Waals surface area contributed by atoms with Crippen molar-refractivity contribution in [2.45, 2.75) is 19.3 Å². The van der Waals surface area contributed by atoms with Crippen molar-refractivity contribution in [3.05, 3.63) is 48.2 Å². The van der Waals surface area contributed by atoms with Gasteiger partial charge in [0.2, 0.25) is 0 Å². The van der Waals surface area contributed by atoms with Gasteiger partial charge in [-0.05, 0) is 31.4 Å². The number of aromatic nitrogens is 2. The first-order valence-corrected chi connectivity index (χ1v) is 8.52. The number of aliphatic hydroxyl groups is 1. The third-order valence-corrected chi connectivity index (χ3v) is 4.12. The molecule has 0 fully saturated rings. The molecule has 0 spiro atoms. The highest BCUT2D eigenvalue weighted by Crippen LogP contribution is 2.35. The number of nitrogens with one attached hydrogen (secondary N) is 1. The minimum atomic E-state index is 0.172. The van der Waals surface area contributed by atoms with Gasteiger partial charge in [0.05, 0.1) is 30.9 Å². The second kappa shape index (κ2) is 8.49. The highest BCUT2D eigenvalue weighted by atomic mass is 16.5. The lowest BCUT2D eigenvalue weighted by Crippen LogP contribution is -2.03. The van der Waals surface area contributed by atoms with Crippen molar-refractivity contribution in [2.24, 2.45) is 0 Å². The lowest BCUT2D eigenvalue weighted by atomic mass is 10.0. The Morgan fingerprint density at radius 3 is 2.62 bits per heavy atom. The fraction of sp³-hybridized carbons (Fsp3) is 0.300. The van der Waals surface area contributed by atoms with Crippen molar-refractivity contribution in [1.82, 2.24) is 9.97 Å². The third-order valence-electron chi connectivity index (χ3n) is 4.12. The van der Waals surface area contributed by atoms with E-state index in [1.54, 1.807) is 14.2 Å². The number of anilines is 2. The summed E-state index contributed by atoms with van der Waals surface area (Å²) in [7, 11) is 3.25. The molecule has 1 radical (unpaired) electrons. The monoisotopic (exact) mass is 352 g/mol. The van der Waals surface area contributed by atoms with Gasteiger partial charge in [-0.15, -0.1) is 0 Å². The summed E-state index contributed by atoms with van der Waals surface area (Å²) >= 11 is 0. The molecule has 135 valence electrons. The van der Waals surface area contributed by atoms with E-state index in [1.165, 1.54) is 0 Å². The van der Waals surface area contributed by atoms with Crippen LogP contribution in [0.25, 0.3) is 11.0 Å². The molecule has 0 bridgehead atoms. The summed E-state index contributed by atoms with van der Waals surface area (Å²) in [6.45, 7) is 0.172. The summed E-state index contributed by atoms with van der Waals surface area (Å²) in [5.74, 6) is 1.95. The van der Waals surface area contributed by atoms with Crippen LogP contribution < -0.4 is 14.8 Å². The van der Waals surface area contributed by atoms with Crippen LogP contribution in [-0.2, 0) is 6.42 Å². The molecule has 0 atom stereocenters. The van der Waals surface area contributed by atoms with Crippen molar-refractivity contribution < 1.29 is 14.6 Å². The second-order valence-corrected chi connectivity index (χ2v) is 5.83. The molecule has 0 saturated carbocycles. The number of benzene rings is 2. The number of nitrogens with zero attached hydrogens (tertiary/aromatic N) is 2. The fourth-order valence-electron chi connectivity index (χ4n) is 2.80. The fourth-order valence-corrected chi connectivity index (χ4v) is 2.80. The Hall–Kier alpha value is -2.86. The molecule has 2 N–H and O–H groups in total. The van der Waals surface area contributed by atoms with Crippen LogP contribution in [0.15, 0.2) is 36.4 Å². The number of unbranched alkanes of at least 4 members (excludes halogenated alkanes) is 1. The van der Waals surface area contributed by atoms with Crippen molar-refractivity contribution in [2.75, 3.05) is 26.1 Å². The quantitative estimate of drug-likeness (QED) is 0.604. The molecule has 0 aliphatic heterocycles. The average Bonchev–Trinajstić information content (AvgIpc) is 2.68. The van der Waals surface area contributed by atoms with Gasteiger partial charge >= 0.3 is 0 Å². The van der Waals surface area contributed by atoms with Crippen LogP contribution in [0.3, 0.4) is 0 Å². The minimum Gasteiger partial charge on any atom is -0.497 e. The molecule has 3 aromatic rings. The molecule has 0 unspecified atom stereocenters. The van der Waals surface area contributed by atoms with Crippen molar-refractivity contribution in [3.63, 3.8) is 0 Å². The Kier molecular flexibility index (Phi) is 5.86. The van der Waals surface area contributed by atoms with Crippen molar-refractivity contribution in [1.29, 1.82) is 0 Å². The molecule has 1 heterocycles. The number of aliphatic hydroxyl groups excluding tert-OH is 1. The number of hydrogen-bond donors (Lipinski definition) is 2. The number of hydrogen-bond acceptors (Lipinski definition) is 6. The summed E-state index contributed by atoms with van der Waals surface area (Å²) in [6, 6.07) is 11.4. The zero-order valence-corrected chi connectivity index (χ0v) is 15.0. The zero-order valence-electron chi connectivity index (χ0n) is 15.0. The van der Waals surface area contributed by atoms with Gasteiger partial charge in [0.1, 0.15) is 17.7 Å². The van der Waals surface area contributed by atoms with E-state index in [1.807, 2.05) is 36.4 Å². The molecular weight excluding hydrogens is 330 g/mol. The molecule has 6 heteroatoms. The van der Waals surface area contributed by atoms with E-state index in [0.29, 0.717) is 11.6 Å². The highest BCUT2D eigenvalue weighted by molar-refractivity contribution is 5.76. The summed E-state index contributed by atoms with van der Waals surface area (Å²) in [5.41, 5.74) is 3.43. The van der Waals surface area contributed by atoms with Crippen molar-refractivity contribution >= 4 is 22.5 Å². The Balaban J connectivity index is 1.97. The molecule has 26 heavy (non-hydrogen) atoms. The largest absolute Gasteiger partial charge is 0.497 e. The van der Waals surface area contributed by atoms with Gasteiger partial charge in [0, 0.05) is 24.3 Å². The van der Waals surface area contributed by atoms with E-state index in [9.17, 15) is 0 Å². The molecule has 0 aliphatic carbocycles. The van der Waals surface area contributed by atoms with Gasteiger partial charge in [-0.2, -0.15) is 0 Å². The molecule has 0 aliphatic rings. The first kappa shape index (κ1) is 17.9. The Morgan fingerprint density at radius 1 is 1.08 bits per heavy atom. The molecule has 1 aromatic heterocycles. The number of rotatable bonds is 8. The topological polar surface area (TPSA) is 76.5 Å². The third kappa shape index (κ3) is 4.03. The van der Waals surface area contributed by atoms with Crippen LogP contribution in [0.1, 0.15) is 18.4 Å². The summed E-state index contributed by atoms with van der Waals surface area (Å²) in [6.07, 6.45) is 5.28. The van der Waals surface area contributed by atoms with Crippen LogP contribution in [0.5, 0.6) is 11.5 Å². The molecule has 3 rings (SSSR count). The van der Waals surface area contributed by atoms with Crippen LogP contribution >= 0.6 is 0 Å². The maximum Gasteiger partial charge on any atom is 0.159 e. The Morgan fingerprint density at radius 2 is 1.88 bits per heavy atom. The number of fused-ring (bicyclic) bond motifs is 1. The van der Waals surface area contributed by atoms with E-state index >= 15 is 0 Å². The normalized spacial score (nSPS) is 10.7. The van der Waals surface area contributed by atoms with E-state index in [0.717, 1.165) is 47.3 Å². The zero-order chi connectivity index (χ0) is 18.4. The predicted molar refractivity (Wildman–Crippen MR) is 101 cm³/mol. The van der Waals surface area contributed by atoms with Gasteiger partial charge in [0.15, 0.2) is 5.82 Å². The van der Waals surface area contributed by atoms with E-state index < -0.39 is 0 Å². The number of ether oxygens (including phenoxy) is 2. The number of para-hydroxylation sites is 2. The SMILES string of the molecule is COc1cc(Nc2[c]nc3ccccc3n2)c(CCCCO)c(OC)c1. The van der Waals surface area contributed by atoms with E-state index in [4.69, 9.17) is 14.6 Å². The van der Waals surface area contributed by atoms with Crippen LogP contribution in [0, 0.1) is 6.20 Å². The summed E-state index contributed by atoms with van der Waals surface area (Å²) in [4.78, 5) is 8.89. The summed E-state index contributed by atoms with van der Waals surface area (Å²) < 4.78 is 10.9. The lowest BCUT2D eigenvalue weighted by Gasteiger charge is -2.17. The van der Waals surface area contributed by atoms with Crippen LogP contribution in [-0.4, -0.2) is 35.9 Å². The van der Waals surface area contributed by atoms with Crippen molar-refractivity contribution in [3.8, 4) is 11.5 Å². The van der Waals surface area contributed by atoms with Gasteiger partial charge in [-0.3, -0.25) is 0 Å². The Labute approximate surface area is 152 Å². The molecule has 0 saturated heterocycles. The smallest absolute Gasteiger partial charge is 0.159 e. The standard InChI is InChI=1S/C20H22N3O3/c1-25-14-11-18(15(7-5-6-10-24)19(12-14)26-2)23-20-13-21-16-8-3-4-9-17(16)22-20/h3-4,8-9,11-12,24H,5-7,10H2,1-2H3,(H,22,23). The Bertz CT molecular complexity index is 883. The average molecular weight is 352 g/mol. The van der Waals surface area contributed by atoms with Gasteiger partial charge in [0.25, 0.3) is 0 Å². The first-order valence-electron chi connectivity index (χ1n) is 8.52. The molecule has 6 nitrogen and oxygen atoms in total. The predicted octanol–water partition coefficient (Wildman–Crippen LogP) is 3.51. The highest BCUT2D eigenvalue weighted by Gasteiger charge is 2.13. The summed E-state index contributed by atoms with van der Waals surface area (Å²) in [5, 5.41) is 12.4. The maximum absolute atomic E-state index is 9.07. The second-order valence-electron chi connectivity index (χ2n) is 5.83. The molecular formula is C20H22N3O3. The molecule has 0 amide bonds. The minimum absolute atomic E-state index is 0.172. The number of methoxy groups -OCH3 is 2. The maximum atomic E-state index is 9.07. The van der Waals surface area contributed by atoms with E-state index in [-0.39, 0.29) is 6.61 Å². The van der Waals surface area contributed by atoms with E-state index in [2.05, 4.69) is 21.5 Å².